The van der Waals surface area contributed by atoms with Crippen LogP contribution in [0, 0.1) is 0 Å². The highest BCUT2D eigenvalue weighted by Gasteiger charge is 2.29. The van der Waals surface area contributed by atoms with Crippen molar-refractivity contribution in [1.29, 1.82) is 0 Å². The third kappa shape index (κ3) is 3.49. The van der Waals surface area contributed by atoms with Crippen molar-refractivity contribution in [3.8, 4) is 0 Å². The average molecular weight is 245 g/mol. The maximum atomic E-state index is 14.2. The molecule has 0 heterocycles. The summed E-state index contributed by atoms with van der Waals surface area (Å²) in [5.74, 6) is -0.539. The smallest absolute Gasteiger partial charge is 0.309 e. The highest BCUT2D eigenvalue weighted by molar-refractivity contribution is 6.30. The van der Waals surface area contributed by atoms with Crippen LogP contribution in [0.2, 0.25) is 5.02 Å². The number of benzene rings is 1. The van der Waals surface area contributed by atoms with E-state index in [-0.39, 0.29) is 13.0 Å². The van der Waals surface area contributed by atoms with Crippen molar-refractivity contribution in [1.82, 2.24) is 0 Å². The van der Waals surface area contributed by atoms with Crippen LogP contribution in [0.3, 0.4) is 0 Å². The lowest BCUT2D eigenvalue weighted by atomic mass is 9.94. The lowest BCUT2D eigenvalue weighted by molar-refractivity contribution is -0.146. The Labute approximate surface area is 99.4 Å². The van der Waals surface area contributed by atoms with Gasteiger partial charge in [0.15, 0.2) is 0 Å². The molecule has 0 aliphatic heterocycles. The summed E-state index contributed by atoms with van der Waals surface area (Å²) in [7, 11) is 0. The maximum Gasteiger partial charge on any atom is 0.309 e. The zero-order valence-corrected chi connectivity index (χ0v) is 10.1. The van der Waals surface area contributed by atoms with Gasteiger partial charge in [-0.1, -0.05) is 23.7 Å². The minimum Gasteiger partial charge on any atom is -0.466 e. The molecule has 0 fully saturated rings. The molecule has 16 heavy (non-hydrogen) atoms. The summed E-state index contributed by atoms with van der Waals surface area (Å²) >= 11 is 5.70. The summed E-state index contributed by atoms with van der Waals surface area (Å²) in [5.41, 5.74) is -1.30. The van der Waals surface area contributed by atoms with Crippen LogP contribution in [-0.4, -0.2) is 12.6 Å². The van der Waals surface area contributed by atoms with Gasteiger partial charge in [0.1, 0.15) is 5.67 Å². The van der Waals surface area contributed by atoms with E-state index >= 15 is 0 Å². The Morgan fingerprint density at radius 1 is 1.44 bits per heavy atom. The molecule has 0 N–H and O–H groups in total. The standard InChI is InChI=1S/C12H14ClFO2/c1-3-16-11(15)8-12(2,14)9-4-6-10(13)7-5-9/h4-7H,3,8H2,1-2H3/t12-/m1/s1. The largest absolute Gasteiger partial charge is 0.466 e. The van der Waals surface area contributed by atoms with Crippen molar-refractivity contribution < 1.29 is 13.9 Å². The van der Waals surface area contributed by atoms with Gasteiger partial charge in [0.05, 0.1) is 13.0 Å². The molecule has 88 valence electrons. The molecule has 1 atom stereocenters. The van der Waals surface area contributed by atoms with Gasteiger partial charge in [-0.15, -0.1) is 0 Å². The molecule has 0 radical (unpaired) electrons. The molecule has 0 aromatic heterocycles. The van der Waals surface area contributed by atoms with E-state index in [4.69, 9.17) is 16.3 Å². The van der Waals surface area contributed by atoms with Crippen molar-refractivity contribution in [2.45, 2.75) is 25.9 Å². The van der Waals surface area contributed by atoms with Crippen LogP contribution in [0.1, 0.15) is 25.8 Å². The summed E-state index contributed by atoms with van der Waals surface area (Å²) in [6.07, 6.45) is -0.289. The number of alkyl halides is 1. The number of esters is 1. The van der Waals surface area contributed by atoms with Crippen LogP contribution in [0.4, 0.5) is 4.39 Å². The van der Waals surface area contributed by atoms with Gasteiger partial charge in [-0.25, -0.2) is 4.39 Å². The first-order valence-electron chi connectivity index (χ1n) is 5.06. The van der Waals surface area contributed by atoms with E-state index in [0.29, 0.717) is 10.6 Å². The number of carbonyl (C=O) groups excluding carboxylic acids is 1. The van der Waals surface area contributed by atoms with Crippen LogP contribution in [-0.2, 0) is 15.2 Å². The van der Waals surface area contributed by atoms with Crippen LogP contribution in [0.15, 0.2) is 24.3 Å². The highest BCUT2D eigenvalue weighted by atomic mass is 35.5. The van der Waals surface area contributed by atoms with Gasteiger partial charge < -0.3 is 4.74 Å². The van der Waals surface area contributed by atoms with Crippen LogP contribution in [0.25, 0.3) is 0 Å². The second-order valence-corrected chi connectivity index (χ2v) is 4.12. The lowest BCUT2D eigenvalue weighted by Gasteiger charge is -2.19. The van der Waals surface area contributed by atoms with Gasteiger partial charge in [-0.2, -0.15) is 0 Å². The molecule has 0 saturated carbocycles. The third-order valence-electron chi connectivity index (χ3n) is 2.23. The monoisotopic (exact) mass is 244 g/mol. The Morgan fingerprint density at radius 3 is 2.50 bits per heavy atom. The van der Waals surface area contributed by atoms with Crippen molar-refractivity contribution in [3.63, 3.8) is 0 Å². The number of carbonyl (C=O) groups is 1. The first-order valence-corrected chi connectivity index (χ1v) is 5.44. The Bertz CT molecular complexity index is 360. The summed E-state index contributed by atoms with van der Waals surface area (Å²) in [6.45, 7) is 3.30. The normalized spacial score (nSPS) is 14.2. The molecule has 0 unspecified atom stereocenters. The molecule has 1 aromatic carbocycles. The quantitative estimate of drug-likeness (QED) is 0.758. The molecule has 0 amide bonds. The second kappa shape index (κ2) is 5.30. The average Bonchev–Trinajstić information content (AvgIpc) is 2.17. The maximum absolute atomic E-state index is 14.2. The molecule has 0 spiro atoms. The number of rotatable bonds is 4. The van der Waals surface area contributed by atoms with Crippen molar-refractivity contribution >= 4 is 17.6 Å². The van der Waals surface area contributed by atoms with E-state index in [0.717, 1.165) is 0 Å². The van der Waals surface area contributed by atoms with Crippen molar-refractivity contribution in [2.24, 2.45) is 0 Å². The molecule has 0 aliphatic rings. The molecule has 1 rings (SSSR count). The second-order valence-electron chi connectivity index (χ2n) is 3.69. The summed E-state index contributed by atoms with van der Waals surface area (Å²) < 4.78 is 18.9. The fourth-order valence-corrected chi connectivity index (χ4v) is 1.51. The van der Waals surface area contributed by atoms with Crippen molar-refractivity contribution in [3.05, 3.63) is 34.9 Å². The SMILES string of the molecule is CCOC(=O)C[C@@](C)(F)c1ccc(Cl)cc1. The number of hydrogen-bond donors (Lipinski definition) is 0. The first-order chi connectivity index (χ1) is 7.45. The predicted molar refractivity (Wildman–Crippen MR) is 61.2 cm³/mol. The minimum absolute atomic E-state index is 0.259. The lowest BCUT2D eigenvalue weighted by Crippen LogP contribution is -2.21. The summed E-state index contributed by atoms with van der Waals surface area (Å²) in [6, 6.07) is 6.34. The van der Waals surface area contributed by atoms with Gasteiger partial charge in [0, 0.05) is 5.02 Å². The zero-order valence-electron chi connectivity index (χ0n) is 9.30. The molecule has 1 aromatic rings. The first kappa shape index (κ1) is 13.0. The molecule has 2 nitrogen and oxygen atoms in total. The summed E-state index contributed by atoms with van der Waals surface area (Å²) in [4.78, 5) is 11.2. The topological polar surface area (TPSA) is 26.3 Å². The van der Waals surface area contributed by atoms with E-state index in [1.807, 2.05) is 0 Å². The van der Waals surface area contributed by atoms with Gasteiger partial charge in [-0.05, 0) is 31.5 Å². The number of halogens is 2. The van der Waals surface area contributed by atoms with Gasteiger partial charge in [-0.3, -0.25) is 4.79 Å². The predicted octanol–water partition coefficient (Wildman–Crippen LogP) is 3.48. The van der Waals surface area contributed by atoms with Gasteiger partial charge >= 0.3 is 5.97 Å². The Kier molecular flexibility index (Phi) is 4.30. The minimum atomic E-state index is -1.73. The zero-order chi connectivity index (χ0) is 12.2. The van der Waals surface area contributed by atoms with Gasteiger partial charge in [0.2, 0.25) is 0 Å². The highest BCUT2D eigenvalue weighted by Crippen LogP contribution is 2.30. The molecule has 0 saturated heterocycles. The molecule has 4 heteroatoms. The Morgan fingerprint density at radius 2 is 2.00 bits per heavy atom. The summed E-state index contributed by atoms with van der Waals surface area (Å²) in [5, 5.41) is 0.538. The fraction of sp³-hybridized carbons (Fsp3) is 0.417. The molecule has 0 bridgehead atoms. The van der Waals surface area contributed by atoms with E-state index in [1.165, 1.54) is 6.92 Å². The molecular formula is C12H14ClFO2. The molecule has 0 aliphatic carbocycles. The van der Waals surface area contributed by atoms with E-state index in [1.54, 1.807) is 31.2 Å². The number of hydrogen-bond acceptors (Lipinski definition) is 2. The Balaban J connectivity index is 2.76. The van der Waals surface area contributed by atoms with E-state index in [9.17, 15) is 9.18 Å². The third-order valence-corrected chi connectivity index (χ3v) is 2.48. The van der Waals surface area contributed by atoms with Crippen LogP contribution < -0.4 is 0 Å². The number of ether oxygens (including phenoxy) is 1. The van der Waals surface area contributed by atoms with Crippen LogP contribution in [0.5, 0.6) is 0 Å². The molecular weight excluding hydrogens is 231 g/mol. The van der Waals surface area contributed by atoms with E-state index < -0.39 is 11.6 Å². The van der Waals surface area contributed by atoms with Crippen molar-refractivity contribution in [2.75, 3.05) is 6.61 Å². The van der Waals surface area contributed by atoms with E-state index in [2.05, 4.69) is 0 Å². The fourth-order valence-electron chi connectivity index (χ4n) is 1.38. The van der Waals surface area contributed by atoms with Gasteiger partial charge in [0.25, 0.3) is 0 Å². The van der Waals surface area contributed by atoms with Crippen LogP contribution >= 0.6 is 11.6 Å². The Hall–Kier alpha value is -1.09.